The minimum atomic E-state index is -0.0293. The first-order chi connectivity index (χ1) is 18.4. The highest BCUT2D eigenvalue weighted by Crippen LogP contribution is 2.35. The Morgan fingerprint density at radius 1 is 0.895 bits per heavy atom. The maximum Gasteiger partial charge on any atom is 0.185 e. The van der Waals surface area contributed by atoms with Crippen LogP contribution in [0.3, 0.4) is 0 Å². The van der Waals surface area contributed by atoms with Crippen LogP contribution in [-0.4, -0.2) is 23.4 Å². The van der Waals surface area contributed by atoms with E-state index in [1.54, 1.807) is 0 Å². The quantitative estimate of drug-likeness (QED) is 0.150. The van der Waals surface area contributed by atoms with Crippen molar-refractivity contribution in [2.75, 3.05) is 6.54 Å². The molecule has 0 amide bonds. The smallest absolute Gasteiger partial charge is 0.185 e. The van der Waals surface area contributed by atoms with Gasteiger partial charge in [0.15, 0.2) is 5.96 Å². The maximum absolute atomic E-state index is 5.55. The van der Waals surface area contributed by atoms with Crippen molar-refractivity contribution in [2.24, 2.45) is 16.5 Å². The van der Waals surface area contributed by atoms with Gasteiger partial charge in [-0.25, -0.2) is 0 Å². The summed E-state index contributed by atoms with van der Waals surface area (Å²) >= 11 is 0. The molecule has 0 radical (unpaired) electrons. The molecule has 1 aliphatic rings. The second-order valence-electron chi connectivity index (χ2n) is 10.0. The van der Waals surface area contributed by atoms with Gasteiger partial charge in [-0.05, 0) is 42.0 Å². The molecule has 198 valence electrons. The first-order valence-corrected chi connectivity index (χ1v) is 13.3. The first-order valence-electron chi connectivity index (χ1n) is 13.3. The molecule has 1 heterocycles. The predicted octanol–water partition coefficient (Wildman–Crippen LogP) is 4.88. The molecule has 0 aromatic heterocycles. The molecule has 0 saturated heterocycles. The second kappa shape index (κ2) is 13.0. The van der Waals surface area contributed by atoms with Gasteiger partial charge in [-0.1, -0.05) is 97.6 Å². The third-order valence-electron chi connectivity index (χ3n) is 7.04. The zero-order valence-electron chi connectivity index (χ0n) is 22.4. The lowest BCUT2D eigenvalue weighted by Gasteiger charge is -2.33. The first kappa shape index (κ1) is 27.0. The molecular weight excluding hydrogens is 468 g/mol. The lowest BCUT2D eigenvalue weighted by Crippen LogP contribution is -2.39. The molecule has 0 bridgehead atoms. The van der Waals surface area contributed by atoms with Crippen LogP contribution in [0.25, 0.3) is 0 Å². The fourth-order valence-corrected chi connectivity index (χ4v) is 4.99. The maximum atomic E-state index is 5.55. The number of rotatable bonds is 13. The highest BCUT2D eigenvalue weighted by atomic mass is 15.2. The third-order valence-corrected chi connectivity index (χ3v) is 7.04. The van der Waals surface area contributed by atoms with Crippen molar-refractivity contribution >= 4 is 5.96 Å². The van der Waals surface area contributed by atoms with E-state index in [2.05, 4.69) is 119 Å². The lowest BCUT2D eigenvalue weighted by atomic mass is 10.0. The molecule has 0 spiro atoms. The molecule has 3 aromatic rings. The van der Waals surface area contributed by atoms with Crippen LogP contribution in [0.1, 0.15) is 46.7 Å². The third kappa shape index (κ3) is 7.26. The van der Waals surface area contributed by atoms with E-state index >= 15 is 0 Å². The van der Waals surface area contributed by atoms with Crippen molar-refractivity contribution in [2.45, 2.75) is 51.5 Å². The van der Waals surface area contributed by atoms with Crippen molar-refractivity contribution < 1.29 is 0 Å². The average Bonchev–Trinajstić information content (AvgIpc) is 3.34. The number of nitrogens with one attached hydrogen (secondary N) is 2. The Morgan fingerprint density at radius 3 is 2.16 bits per heavy atom. The van der Waals surface area contributed by atoms with E-state index in [4.69, 9.17) is 11.5 Å². The summed E-state index contributed by atoms with van der Waals surface area (Å²) in [5.74, 6) is 0.119. The molecule has 4 rings (SSSR count). The van der Waals surface area contributed by atoms with Gasteiger partial charge < -0.3 is 22.1 Å². The van der Waals surface area contributed by atoms with Gasteiger partial charge in [-0.3, -0.25) is 9.89 Å². The largest absolute Gasteiger partial charge is 0.383 e. The topological polar surface area (TPSA) is 91.7 Å². The molecule has 0 aliphatic carbocycles. The Morgan fingerprint density at radius 2 is 1.53 bits per heavy atom. The molecule has 6 nitrogen and oxygen atoms in total. The van der Waals surface area contributed by atoms with Crippen molar-refractivity contribution in [3.05, 3.63) is 131 Å². The molecule has 0 saturated carbocycles. The zero-order chi connectivity index (χ0) is 26.9. The second-order valence-corrected chi connectivity index (χ2v) is 10.0. The highest BCUT2D eigenvalue weighted by Gasteiger charge is 2.30. The van der Waals surface area contributed by atoms with Gasteiger partial charge >= 0.3 is 0 Å². The number of fused-ring (bicyclic) bond motifs is 1. The summed E-state index contributed by atoms with van der Waals surface area (Å²) in [5.41, 5.74) is 19.4. The Labute approximate surface area is 227 Å². The fraction of sp³-hybridized carbons (Fsp3) is 0.281. The molecule has 2 unspecified atom stereocenters. The van der Waals surface area contributed by atoms with Gasteiger partial charge in [0.05, 0.1) is 12.1 Å². The highest BCUT2D eigenvalue weighted by molar-refractivity contribution is 5.75. The predicted molar refractivity (Wildman–Crippen MR) is 158 cm³/mol. The molecule has 6 N–H and O–H groups in total. The van der Waals surface area contributed by atoms with Gasteiger partial charge in [0.1, 0.15) is 0 Å². The van der Waals surface area contributed by atoms with Crippen LogP contribution in [0, 0.1) is 6.92 Å². The van der Waals surface area contributed by atoms with Crippen molar-refractivity contribution in [3.8, 4) is 0 Å². The molecule has 0 fully saturated rings. The molecule has 38 heavy (non-hydrogen) atoms. The van der Waals surface area contributed by atoms with Crippen LogP contribution in [0.5, 0.6) is 0 Å². The standard InChI is InChI=1S/C32H40N6/c1-23-15-17-26(18-16-23)20-36-24(2)30(14-9-19-35-32(33)34)37-25(3)31(27-10-5-4-6-11-27)38-21-28-12-7-8-13-29(28)22-38/h4-8,10-13,15-18,30-31,36-37H,2-3,9,14,19-22H2,1H3,(H4,33,34,35). The van der Waals surface area contributed by atoms with Crippen LogP contribution >= 0.6 is 0 Å². The number of hydrogen-bond donors (Lipinski definition) is 4. The summed E-state index contributed by atoms with van der Waals surface area (Å²) in [5, 5.41) is 7.28. The van der Waals surface area contributed by atoms with Gasteiger partial charge in [0.2, 0.25) is 0 Å². The summed E-state index contributed by atoms with van der Waals surface area (Å²) in [6.07, 6.45) is 1.64. The van der Waals surface area contributed by atoms with Gasteiger partial charge in [-0.15, -0.1) is 0 Å². The average molecular weight is 509 g/mol. The van der Waals surface area contributed by atoms with Crippen LogP contribution in [-0.2, 0) is 19.6 Å². The van der Waals surface area contributed by atoms with Crippen molar-refractivity contribution in [1.82, 2.24) is 15.5 Å². The number of nitrogens with two attached hydrogens (primary N) is 2. The molecular formula is C32H40N6. The van der Waals surface area contributed by atoms with E-state index in [0.717, 1.165) is 37.3 Å². The molecule has 6 heteroatoms. The van der Waals surface area contributed by atoms with Gasteiger partial charge in [0.25, 0.3) is 0 Å². The van der Waals surface area contributed by atoms with E-state index in [-0.39, 0.29) is 18.0 Å². The zero-order valence-corrected chi connectivity index (χ0v) is 22.4. The van der Waals surface area contributed by atoms with Crippen LogP contribution in [0.4, 0.5) is 0 Å². The summed E-state index contributed by atoms with van der Waals surface area (Å²) < 4.78 is 0. The minimum Gasteiger partial charge on any atom is -0.383 e. The number of aliphatic imine (C=N–C) groups is 1. The van der Waals surface area contributed by atoms with E-state index in [9.17, 15) is 0 Å². The summed E-state index contributed by atoms with van der Waals surface area (Å²) in [6.45, 7) is 14.1. The Kier molecular flexibility index (Phi) is 9.22. The fourth-order valence-electron chi connectivity index (χ4n) is 4.99. The van der Waals surface area contributed by atoms with Crippen LogP contribution < -0.4 is 22.1 Å². The summed E-state index contributed by atoms with van der Waals surface area (Å²) in [6, 6.07) is 27.8. The normalized spacial score (nSPS) is 14.2. The SMILES string of the molecule is C=C(NCc1ccc(C)cc1)C(CCCN=C(N)N)NC(=C)C(c1ccccc1)N1Cc2ccccc2C1. The van der Waals surface area contributed by atoms with Crippen molar-refractivity contribution in [3.63, 3.8) is 0 Å². The van der Waals surface area contributed by atoms with E-state index in [1.165, 1.54) is 27.8 Å². The van der Waals surface area contributed by atoms with Crippen LogP contribution in [0.2, 0.25) is 0 Å². The molecule has 2 atom stereocenters. The van der Waals surface area contributed by atoms with E-state index in [0.29, 0.717) is 13.1 Å². The van der Waals surface area contributed by atoms with E-state index < -0.39 is 0 Å². The Balaban J connectivity index is 1.50. The minimum absolute atomic E-state index is 0.0219. The van der Waals surface area contributed by atoms with Crippen molar-refractivity contribution in [1.29, 1.82) is 0 Å². The van der Waals surface area contributed by atoms with E-state index in [1.807, 2.05) is 0 Å². The van der Waals surface area contributed by atoms with Gasteiger partial charge in [-0.2, -0.15) is 0 Å². The monoisotopic (exact) mass is 508 g/mol. The Bertz CT molecular complexity index is 1220. The lowest BCUT2D eigenvalue weighted by molar-refractivity contribution is 0.218. The summed E-state index contributed by atoms with van der Waals surface area (Å²) in [4.78, 5) is 6.65. The molecule has 1 aliphatic heterocycles. The number of hydrogen-bond acceptors (Lipinski definition) is 4. The van der Waals surface area contributed by atoms with Crippen LogP contribution in [0.15, 0.2) is 108 Å². The summed E-state index contributed by atoms with van der Waals surface area (Å²) in [7, 11) is 0. The van der Waals surface area contributed by atoms with Gasteiger partial charge in [0, 0.05) is 37.6 Å². The number of aryl methyl sites for hydroxylation is 1. The number of guanidine groups is 1. The molecule has 3 aromatic carbocycles. The number of benzene rings is 3. The Hall–Kier alpha value is -4.03. The number of nitrogens with zero attached hydrogens (tertiary/aromatic N) is 2.